The first-order valence-corrected chi connectivity index (χ1v) is 8.40. The SMILES string of the molecule is Cn1nc(C(=O)Nc2ccc(F)cc2-c2ccc(Cl)c(Cl)c2)cc1C(F)F. The Hall–Kier alpha value is -2.51. The quantitative estimate of drug-likeness (QED) is 0.594. The predicted octanol–water partition coefficient (Wildman–Crippen LogP) is 5.72. The zero-order valence-electron chi connectivity index (χ0n) is 13.8. The summed E-state index contributed by atoms with van der Waals surface area (Å²) in [6.45, 7) is 0. The van der Waals surface area contributed by atoms with Crippen molar-refractivity contribution >= 4 is 34.8 Å². The van der Waals surface area contributed by atoms with Gasteiger partial charge in [0.15, 0.2) is 5.69 Å². The highest BCUT2D eigenvalue weighted by Gasteiger charge is 2.20. The lowest BCUT2D eigenvalue weighted by Gasteiger charge is -2.12. The number of anilines is 1. The molecule has 0 unspecified atom stereocenters. The highest BCUT2D eigenvalue weighted by atomic mass is 35.5. The number of hydrogen-bond donors (Lipinski definition) is 1. The number of nitrogens with one attached hydrogen (secondary N) is 1. The molecule has 0 fully saturated rings. The number of carbonyl (C=O) groups excluding carboxylic acids is 1. The van der Waals surface area contributed by atoms with E-state index >= 15 is 0 Å². The summed E-state index contributed by atoms with van der Waals surface area (Å²) in [6.07, 6.45) is -2.76. The average Bonchev–Trinajstić information content (AvgIpc) is 3.01. The van der Waals surface area contributed by atoms with Gasteiger partial charge in [-0.15, -0.1) is 0 Å². The Kier molecular flexibility index (Phi) is 5.43. The van der Waals surface area contributed by atoms with Gasteiger partial charge in [-0.1, -0.05) is 29.3 Å². The molecule has 1 amide bonds. The number of rotatable bonds is 4. The first kappa shape index (κ1) is 19.3. The van der Waals surface area contributed by atoms with Crippen LogP contribution in [0.25, 0.3) is 11.1 Å². The third-order valence-electron chi connectivity index (χ3n) is 3.83. The van der Waals surface area contributed by atoms with E-state index in [0.29, 0.717) is 16.1 Å². The van der Waals surface area contributed by atoms with Crippen LogP contribution in [0.2, 0.25) is 10.0 Å². The molecule has 3 aromatic rings. The van der Waals surface area contributed by atoms with Gasteiger partial charge in [-0.25, -0.2) is 13.2 Å². The van der Waals surface area contributed by atoms with Gasteiger partial charge in [-0.05, 0) is 42.0 Å². The Morgan fingerprint density at radius 1 is 1.11 bits per heavy atom. The second kappa shape index (κ2) is 7.62. The van der Waals surface area contributed by atoms with Crippen LogP contribution in [-0.2, 0) is 7.05 Å². The molecule has 140 valence electrons. The maximum Gasteiger partial charge on any atom is 0.280 e. The standard InChI is InChI=1S/C18H12Cl2F3N3O/c1-26-16(17(22)23)8-15(25-26)18(27)24-14-5-3-10(21)7-11(14)9-2-4-12(19)13(20)6-9/h2-8,17H,1H3,(H,24,27). The molecule has 0 bridgehead atoms. The highest BCUT2D eigenvalue weighted by Crippen LogP contribution is 2.33. The summed E-state index contributed by atoms with van der Waals surface area (Å²) in [6, 6.07) is 9.45. The molecule has 1 heterocycles. The molecule has 0 aliphatic rings. The summed E-state index contributed by atoms with van der Waals surface area (Å²) < 4.78 is 40.4. The van der Waals surface area contributed by atoms with Gasteiger partial charge < -0.3 is 5.32 Å². The normalized spacial score (nSPS) is 11.1. The Balaban J connectivity index is 1.96. The Labute approximate surface area is 162 Å². The van der Waals surface area contributed by atoms with Crippen LogP contribution < -0.4 is 5.32 Å². The summed E-state index contributed by atoms with van der Waals surface area (Å²) in [5, 5.41) is 6.94. The van der Waals surface area contributed by atoms with Gasteiger partial charge in [0.2, 0.25) is 0 Å². The van der Waals surface area contributed by atoms with Gasteiger partial charge in [-0.2, -0.15) is 5.10 Å². The summed E-state index contributed by atoms with van der Waals surface area (Å²) in [5.41, 5.74) is 0.575. The van der Waals surface area contributed by atoms with E-state index in [-0.39, 0.29) is 22.1 Å². The molecular formula is C18H12Cl2F3N3O. The van der Waals surface area contributed by atoms with Crippen LogP contribution >= 0.6 is 23.2 Å². The summed E-state index contributed by atoms with van der Waals surface area (Å²) in [5.74, 6) is -1.22. The second-order valence-electron chi connectivity index (χ2n) is 5.65. The fourth-order valence-electron chi connectivity index (χ4n) is 2.51. The molecule has 4 nitrogen and oxygen atoms in total. The van der Waals surface area contributed by atoms with E-state index in [9.17, 15) is 18.0 Å². The van der Waals surface area contributed by atoms with Gasteiger partial charge >= 0.3 is 0 Å². The van der Waals surface area contributed by atoms with Crippen LogP contribution in [0.5, 0.6) is 0 Å². The third-order valence-corrected chi connectivity index (χ3v) is 4.57. The second-order valence-corrected chi connectivity index (χ2v) is 6.47. The molecule has 2 aromatic carbocycles. The lowest BCUT2D eigenvalue weighted by Crippen LogP contribution is -2.13. The summed E-state index contributed by atoms with van der Waals surface area (Å²) in [7, 11) is 1.32. The molecule has 1 aromatic heterocycles. The zero-order valence-corrected chi connectivity index (χ0v) is 15.3. The van der Waals surface area contributed by atoms with Crippen molar-refractivity contribution in [1.29, 1.82) is 0 Å². The Morgan fingerprint density at radius 3 is 2.48 bits per heavy atom. The predicted molar refractivity (Wildman–Crippen MR) is 98.0 cm³/mol. The molecule has 0 radical (unpaired) electrons. The van der Waals surface area contributed by atoms with Crippen molar-refractivity contribution in [1.82, 2.24) is 9.78 Å². The maximum absolute atomic E-state index is 13.7. The van der Waals surface area contributed by atoms with Crippen molar-refractivity contribution in [3.63, 3.8) is 0 Å². The largest absolute Gasteiger partial charge is 0.320 e. The van der Waals surface area contributed by atoms with E-state index in [2.05, 4.69) is 10.4 Å². The lowest BCUT2D eigenvalue weighted by atomic mass is 10.0. The van der Waals surface area contributed by atoms with E-state index in [4.69, 9.17) is 23.2 Å². The topological polar surface area (TPSA) is 46.9 Å². The van der Waals surface area contributed by atoms with Crippen molar-refractivity contribution in [2.45, 2.75) is 6.43 Å². The number of aromatic nitrogens is 2. The zero-order chi connectivity index (χ0) is 19.7. The summed E-state index contributed by atoms with van der Waals surface area (Å²) >= 11 is 11.9. The third kappa shape index (κ3) is 4.09. The van der Waals surface area contributed by atoms with Crippen molar-refractivity contribution < 1.29 is 18.0 Å². The van der Waals surface area contributed by atoms with E-state index in [1.165, 1.54) is 31.3 Å². The number of hydrogen-bond acceptors (Lipinski definition) is 2. The van der Waals surface area contributed by atoms with Crippen molar-refractivity contribution in [3.05, 3.63) is 69.7 Å². The first-order valence-electron chi connectivity index (χ1n) is 7.64. The van der Waals surface area contributed by atoms with Crippen molar-refractivity contribution in [3.8, 4) is 11.1 Å². The van der Waals surface area contributed by atoms with Crippen LogP contribution in [0.1, 0.15) is 22.6 Å². The number of halogens is 5. The number of nitrogens with zero attached hydrogens (tertiary/aromatic N) is 2. The first-order chi connectivity index (χ1) is 12.8. The van der Waals surface area contributed by atoms with E-state index in [1.54, 1.807) is 12.1 Å². The number of aryl methyl sites for hydroxylation is 1. The van der Waals surface area contributed by atoms with Gasteiger partial charge in [0, 0.05) is 18.3 Å². The average molecular weight is 414 g/mol. The molecule has 0 atom stereocenters. The molecule has 1 N–H and O–H groups in total. The fraction of sp³-hybridized carbons (Fsp3) is 0.111. The van der Waals surface area contributed by atoms with Crippen LogP contribution in [0.15, 0.2) is 42.5 Å². The molecule has 3 rings (SSSR count). The molecule has 0 saturated heterocycles. The minimum atomic E-state index is -2.76. The van der Waals surface area contributed by atoms with Crippen LogP contribution in [0.4, 0.5) is 18.9 Å². The minimum Gasteiger partial charge on any atom is -0.320 e. The van der Waals surface area contributed by atoms with E-state index in [0.717, 1.165) is 10.7 Å². The molecule has 9 heteroatoms. The summed E-state index contributed by atoms with van der Waals surface area (Å²) in [4.78, 5) is 12.4. The lowest BCUT2D eigenvalue weighted by molar-refractivity contribution is 0.102. The Morgan fingerprint density at radius 2 is 1.85 bits per heavy atom. The molecular weight excluding hydrogens is 402 g/mol. The highest BCUT2D eigenvalue weighted by molar-refractivity contribution is 6.42. The molecule has 0 aliphatic heterocycles. The molecule has 0 saturated carbocycles. The van der Waals surface area contributed by atoms with E-state index in [1.807, 2.05) is 0 Å². The van der Waals surface area contributed by atoms with Crippen LogP contribution in [0, 0.1) is 5.82 Å². The minimum absolute atomic E-state index is 0.183. The van der Waals surface area contributed by atoms with Gasteiger partial charge in [0.1, 0.15) is 11.5 Å². The molecule has 27 heavy (non-hydrogen) atoms. The van der Waals surface area contributed by atoms with Gasteiger partial charge in [-0.3, -0.25) is 9.48 Å². The molecule has 0 spiro atoms. The molecule has 0 aliphatic carbocycles. The monoisotopic (exact) mass is 413 g/mol. The fourth-order valence-corrected chi connectivity index (χ4v) is 2.81. The number of alkyl halides is 2. The van der Waals surface area contributed by atoms with Crippen LogP contribution in [-0.4, -0.2) is 15.7 Å². The van der Waals surface area contributed by atoms with Gasteiger partial charge in [0.05, 0.1) is 10.0 Å². The van der Waals surface area contributed by atoms with Crippen LogP contribution in [0.3, 0.4) is 0 Å². The van der Waals surface area contributed by atoms with E-state index < -0.39 is 18.1 Å². The Bertz CT molecular complexity index is 1020. The van der Waals surface area contributed by atoms with Crippen molar-refractivity contribution in [2.75, 3.05) is 5.32 Å². The smallest absolute Gasteiger partial charge is 0.280 e. The van der Waals surface area contributed by atoms with Crippen molar-refractivity contribution in [2.24, 2.45) is 7.05 Å². The number of benzene rings is 2. The van der Waals surface area contributed by atoms with Gasteiger partial charge in [0.25, 0.3) is 12.3 Å². The number of carbonyl (C=O) groups is 1. The number of amides is 1. The maximum atomic E-state index is 13.7.